The topological polar surface area (TPSA) is 58.1 Å². The van der Waals surface area contributed by atoms with Crippen molar-refractivity contribution in [3.05, 3.63) is 17.5 Å². The van der Waals surface area contributed by atoms with E-state index < -0.39 is 0 Å². The van der Waals surface area contributed by atoms with Crippen molar-refractivity contribution in [1.82, 2.24) is 14.9 Å². The molecule has 0 bridgehead atoms. The molecule has 0 aliphatic carbocycles. The molecule has 116 valence electrons. The van der Waals surface area contributed by atoms with Gasteiger partial charge in [0.25, 0.3) is 5.91 Å². The Kier molecular flexibility index (Phi) is 4.49. The minimum atomic E-state index is -0.131. The molecule has 1 aromatic rings. The van der Waals surface area contributed by atoms with Gasteiger partial charge in [0.15, 0.2) is 0 Å². The zero-order valence-corrected chi connectivity index (χ0v) is 13.7. The highest BCUT2D eigenvalue weighted by Gasteiger charge is 2.24. The molecule has 1 aromatic heterocycles. The Balaban J connectivity index is 2.20. The van der Waals surface area contributed by atoms with Gasteiger partial charge in [-0.05, 0) is 52.5 Å². The van der Waals surface area contributed by atoms with Crippen LogP contribution >= 0.6 is 0 Å². The molecule has 1 saturated heterocycles. The highest BCUT2D eigenvalue weighted by molar-refractivity contribution is 5.92. The fourth-order valence-electron chi connectivity index (χ4n) is 2.61. The van der Waals surface area contributed by atoms with Crippen molar-refractivity contribution in [1.29, 1.82) is 0 Å². The minimum absolute atomic E-state index is 0.0176. The fourth-order valence-corrected chi connectivity index (χ4v) is 2.61. The molecule has 1 aliphatic rings. The van der Waals surface area contributed by atoms with Crippen molar-refractivity contribution in [2.24, 2.45) is 5.92 Å². The number of nitrogens with one attached hydrogen (secondary N) is 1. The summed E-state index contributed by atoms with van der Waals surface area (Å²) < 4.78 is 0. The van der Waals surface area contributed by atoms with Crippen LogP contribution in [0.15, 0.2) is 6.07 Å². The molecule has 0 radical (unpaired) electrons. The minimum Gasteiger partial charge on any atom is -0.350 e. The van der Waals surface area contributed by atoms with E-state index >= 15 is 0 Å². The molecule has 2 rings (SSSR count). The SMILES string of the molecule is Cc1cc(C(=O)N2CCCC(C)C2)nc(NC(C)(C)C)n1. The molecule has 1 amide bonds. The Morgan fingerprint density at radius 1 is 1.38 bits per heavy atom. The Bertz CT molecular complexity index is 521. The zero-order valence-electron chi connectivity index (χ0n) is 13.7. The number of aryl methyl sites for hydroxylation is 1. The summed E-state index contributed by atoms with van der Waals surface area (Å²) in [6.07, 6.45) is 2.27. The molecule has 5 nitrogen and oxygen atoms in total. The van der Waals surface area contributed by atoms with Gasteiger partial charge in [0.05, 0.1) is 0 Å². The van der Waals surface area contributed by atoms with Crippen LogP contribution in [0.5, 0.6) is 0 Å². The Morgan fingerprint density at radius 3 is 2.71 bits per heavy atom. The van der Waals surface area contributed by atoms with E-state index in [1.807, 2.05) is 32.6 Å². The van der Waals surface area contributed by atoms with Crippen LogP contribution in [0.3, 0.4) is 0 Å². The number of nitrogens with zero attached hydrogens (tertiary/aromatic N) is 3. The van der Waals surface area contributed by atoms with E-state index in [4.69, 9.17) is 0 Å². The van der Waals surface area contributed by atoms with E-state index in [1.54, 1.807) is 6.07 Å². The van der Waals surface area contributed by atoms with Crippen molar-refractivity contribution in [2.75, 3.05) is 18.4 Å². The van der Waals surface area contributed by atoms with Crippen molar-refractivity contribution < 1.29 is 4.79 Å². The molecule has 1 N–H and O–H groups in total. The van der Waals surface area contributed by atoms with Crippen LogP contribution in [0, 0.1) is 12.8 Å². The molecule has 0 spiro atoms. The van der Waals surface area contributed by atoms with Crippen molar-refractivity contribution >= 4 is 11.9 Å². The van der Waals surface area contributed by atoms with Crippen LogP contribution in [-0.4, -0.2) is 39.4 Å². The van der Waals surface area contributed by atoms with Gasteiger partial charge < -0.3 is 10.2 Å². The van der Waals surface area contributed by atoms with Crippen molar-refractivity contribution in [3.63, 3.8) is 0 Å². The van der Waals surface area contributed by atoms with Crippen LogP contribution in [0.25, 0.3) is 0 Å². The molecule has 0 aromatic carbocycles. The first kappa shape index (κ1) is 15.7. The molecule has 21 heavy (non-hydrogen) atoms. The van der Waals surface area contributed by atoms with Gasteiger partial charge in [-0.2, -0.15) is 0 Å². The number of amides is 1. The summed E-state index contributed by atoms with van der Waals surface area (Å²) in [5.74, 6) is 1.11. The second kappa shape index (κ2) is 6.00. The standard InChI is InChI=1S/C16H26N4O/c1-11-7-6-8-20(10-11)14(21)13-9-12(2)17-15(18-13)19-16(3,4)5/h9,11H,6-8,10H2,1-5H3,(H,17,18,19). The lowest BCUT2D eigenvalue weighted by atomic mass is 10.00. The average Bonchev–Trinajstić information content (AvgIpc) is 2.35. The fraction of sp³-hybridized carbons (Fsp3) is 0.688. The monoisotopic (exact) mass is 290 g/mol. The first-order valence-electron chi connectivity index (χ1n) is 7.68. The summed E-state index contributed by atoms with van der Waals surface area (Å²) in [6.45, 7) is 11.9. The molecule has 1 aliphatic heterocycles. The number of rotatable bonds is 2. The van der Waals surface area contributed by atoms with Crippen LogP contribution in [0.1, 0.15) is 56.7 Å². The number of likely N-dealkylation sites (tertiary alicyclic amines) is 1. The molecule has 1 fully saturated rings. The number of piperidine rings is 1. The summed E-state index contributed by atoms with van der Waals surface area (Å²) in [5, 5.41) is 3.24. The summed E-state index contributed by atoms with van der Waals surface area (Å²) in [7, 11) is 0. The van der Waals surface area contributed by atoms with E-state index in [1.165, 1.54) is 6.42 Å². The Labute approximate surface area is 127 Å². The Morgan fingerprint density at radius 2 is 2.10 bits per heavy atom. The van der Waals surface area contributed by atoms with Gasteiger partial charge in [-0.15, -0.1) is 0 Å². The summed E-state index contributed by atoms with van der Waals surface area (Å²) in [5.41, 5.74) is 1.17. The predicted octanol–water partition coefficient (Wildman–Crippen LogP) is 2.87. The zero-order chi connectivity index (χ0) is 15.6. The molecule has 1 atom stereocenters. The van der Waals surface area contributed by atoms with Crippen LogP contribution in [0.2, 0.25) is 0 Å². The number of carbonyl (C=O) groups is 1. The number of hydrogen-bond donors (Lipinski definition) is 1. The first-order valence-corrected chi connectivity index (χ1v) is 7.68. The molecular weight excluding hydrogens is 264 g/mol. The third-order valence-electron chi connectivity index (χ3n) is 3.50. The number of hydrogen-bond acceptors (Lipinski definition) is 4. The van der Waals surface area contributed by atoms with Gasteiger partial charge in [0, 0.05) is 24.3 Å². The summed E-state index contributed by atoms with van der Waals surface area (Å²) in [4.78, 5) is 23.3. The van der Waals surface area contributed by atoms with Gasteiger partial charge in [-0.25, -0.2) is 9.97 Å². The lowest BCUT2D eigenvalue weighted by Crippen LogP contribution is -2.39. The molecule has 1 unspecified atom stereocenters. The molecular formula is C16H26N4O. The number of carbonyl (C=O) groups excluding carboxylic acids is 1. The van der Waals surface area contributed by atoms with Crippen molar-refractivity contribution in [3.8, 4) is 0 Å². The van der Waals surface area contributed by atoms with E-state index in [9.17, 15) is 4.79 Å². The normalized spacial score (nSPS) is 19.5. The Hall–Kier alpha value is -1.65. The highest BCUT2D eigenvalue weighted by atomic mass is 16.2. The third-order valence-corrected chi connectivity index (χ3v) is 3.50. The predicted molar refractivity (Wildman–Crippen MR) is 84.4 cm³/mol. The van der Waals surface area contributed by atoms with Crippen molar-refractivity contribution in [2.45, 2.75) is 53.0 Å². The van der Waals surface area contributed by atoms with E-state index in [-0.39, 0.29) is 11.4 Å². The summed E-state index contributed by atoms with van der Waals surface area (Å²) >= 11 is 0. The van der Waals surface area contributed by atoms with Crippen LogP contribution < -0.4 is 5.32 Å². The lowest BCUT2D eigenvalue weighted by Gasteiger charge is -2.30. The second-order valence-electron chi connectivity index (χ2n) is 7.09. The number of aromatic nitrogens is 2. The maximum absolute atomic E-state index is 12.6. The van der Waals surface area contributed by atoms with E-state index in [0.29, 0.717) is 17.6 Å². The second-order valence-corrected chi connectivity index (χ2v) is 7.09. The highest BCUT2D eigenvalue weighted by Crippen LogP contribution is 2.18. The average molecular weight is 290 g/mol. The maximum atomic E-state index is 12.6. The van der Waals surface area contributed by atoms with Gasteiger partial charge in [0.1, 0.15) is 5.69 Å². The lowest BCUT2D eigenvalue weighted by molar-refractivity contribution is 0.0677. The smallest absolute Gasteiger partial charge is 0.272 e. The molecule has 5 heteroatoms. The first-order chi connectivity index (χ1) is 9.74. The number of anilines is 1. The molecule has 2 heterocycles. The largest absolute Gasteiger partial charge is 0.350 e. The third kappa shape index (κ3) is 4.41. The van der Waals surface area contributed by atoms with Gasteiger partial charge in [0.2, 0.25) is 5.95 Å². The van der Waals surface area contributed by atoms with E-state index in [0.717, 1.165) is 25.2 Å². The van der Waals surface area contributed by atoms with Gasteiger partial charge in [-0.1, -0.05) is 6.92 Å². The van der Waals surface area contributed by atoms with Crippen LogP contribution in [0.4, 0.5) is 5.95 Å². The van der Waals surface area contributed by atoms with Crippen LogP contribution in [-0.2, 0) is 0 Å². The quantitative estimate of drug-likeness (QED) is 0.910. The van der Waals surface area contributed by atoms with Gasteiger partial charge in [-0.3, -0.25) is 4.79 Å². The molecule has 0 saturated carbocycles. The summed E-state index contributed by atoms with van der Waals surface area (Å²) in [6, 6.07) is 1.77. The van der Waals surface area contributed by atoms with E-state index in [2.05, 4.69) is 22.2 Å². The maximum Gasteiger partial charge on any atom is 0.272 e. The van der Waals surface area contributed by atoms with Gasteiger partial charge >= 0.3 is 0 Å².